The van der Waals surface area contributed by atoms with E-state index in [0.29, 0.717) is 5.92 Å². The number of imide groups is 1. The third kappa shape index (κ3) is 4.50. The number of rotatable bonds is 6. The number of β-lactam (4-membered cyclic amide) rings is 1. The Kier molecular flexibility index (Phi) is 6.94. The van der Waals surface area contributed by atoms with Crippen molar-refractivity contribution in [2.75, 3.05) is 0 Å². The highest BCUT2D eigenvalue weighted by Gasteiger charge is 2.57. The fraction of sp³-hybridized carbons (Fsp3) is 0.900. The molecule has 5 nitrogen and oxygen atoms in total. The molecular weight excluding hydrogens is 346 g/mol. The Bertz CT molecular complexity index is 498. The summed E-state index contributed by atoms with van der Waals surface area (Å²) in [6, 6.07) is 2.88. The van der Waals surface area contributed by atoms with Gasteiger partial charge in [-0.1, -0.05) is 40.0 Å². The Morgan fingerprint density at radius 1 is 1.08 bits per heavy atom. The van der Waals surface area contributed by atoms with E-state index >= 15 is 0 Å². The third-order valence-electron chi connectivity index (χ3n) is 6.12. The zero-order valence-corrected chi connectivity index (χ0v) is 18.5. The predicted octanol–water partition coefficient (Wildman–Crippen LogP) is 5.10. The summed E-state index contributed by atoms with van der Waals surface area (Å²) in [5.74, 6) is 0.151. The van der Waals surface area contributed by atoms with Crippen LogP contribution < -0.4 is 0 Å². The van der Waals surface area contributed by atoms with Gasteiger partial charge in [0.15, 0.2) is 8.32 Å². The fourth-order valence-electron chi connectivity index (χ4n) is 4.33. The molecule has 1 aliphatic carbocycles. The van der Waals surface area contributed by atoms with Crippen molar-refractivity contribution in [3.63, 3.8) is 0 Å². The monoisotopic (exact) mass is 383 g/mol. The summed E-state index contributed by atoms with van der Waals surface area (Å²) in [7, 11) is -1.91. The van der Waals surface area contributed by atoms with E-state index in [1.807, 2.05) is 20.8 Å². The van der Waals surface area contributed by atoms with Crippen LogP contribution >= 0.6 is 0 Å². The average molecular weight is 384 g/mol. The molecule has 1 aliphatic heterocycles. The summed E-state index contributed by atoms with van der Waals surface area (Å²) in [6.07, 6.45) is 4.76. The molecular formula is C20H37NO4Si. The Balaban J connectivity index is 2.21. The summed E-state index contributed by atoms with van der Waals surface area (Å²) in [5.41, 5.74) is -0.602. The molecule has 2 rings (SSSR count). The van der Waals surface area contributed by atoms with Crippen LogP contribution in [0.2, 0.25) is 18.1 Å². The fourth-order valence-corrected chi connectivity index (χ4v) is 7.11. The molecule has 2 atom stereocenters. The molecule has 1 heterocycles. The summed E-state index contributed by atoms with van der Waals surface area (Å²) in [5, 5.41) is 0. The lowest BCUT2D eigenvalue weighted by molar-refractivity contribution is -0.167. The van der Waals surface area contributed by atoms with Gasteiger partial charge in [-0.2, -0.15) is 0 Å². The molecule has 150 valence electrons. The molecule has 0 aromatic carbocycles. The maximum Gasteiger partial charge on any atom is 0.417 e. The average Bonchev–Trinajstić information content (AvgIpc) is 2.60. The smallest absolute Gasteiger partial charge is 0.417 e. The van der Waals surface area contributed by atoms with Gasteiger partial charge < -0.3 is 9.16 Å². The van der Waals surface area contributed by atoms with E-state index in [-0.39, 0.29) is 11.9 Å². The number of carbonyl (C=O) groups excluding carboxylic acids is 2. The molecule has 1 saturated heterocycles. The van der Waals surface area contributed by atoms with Gasteiger partial charge in [0.2, 0.25) is 0 Å². The first-order valence-corrected chi connectivity index (χ1v) is 12.9. The number of carbonyl (C=O) groups is 2. The second-order valence-corrected chi connectivity index (χ2v) is 13.6. The molecule has 0 spiro atoms. The van der Waals surface area contributed by atoms with E-state index in [2.05, 4.69) is 20.8 Å². The summed E-state index contributed by atoms with van der Waals surface area (Å²) in [6.45, 7) is 12.0. The minimum absolute atomic E-state index is 0.144. The van der Waals surface area contributed by atoms with Gasteiger partial charge in [0.1, 0.15) is 11.7 Å². The second-order valence-electron chi connectivity index (χ2n) is 8.86. The predicted molar refractivity (Wildman–Crippen MR) is 106 cm³/mol. The summed E-state index contributed by atoms with van der Waals surface area (Å²) in [4.78, 5) is 26.9. The van der Waals surface area contributed by atoms with Crippen LogP contribution in [-0.4, -0.2) is 43.0 Å². The van der Waals surface area contributed by atoms with Crippen LogP contribution in [0.15, 0.2) is 0 Å². The van der Waals surface area contributed by atoms with Gasteiger partial charge in [0, 0.05) is 0 Å². The van der Waals surface area contributed by atoms with Crippen molar-refractivity contribution in [3.05, 3.63) is 0 Å². The van der Waals surface area contributed by atoms with Gasteiger partial charge in [0.05, 0.1) is 6.04 Å². The number of nitrogens with zero attached hydrogens (tertiary/aromatic N) is 1. The van der Waals surface area contributed by atoms with Crippen molar-refractivity contribution in [1.29, 1.82) is 0 Å². The van der Waals surface area contributed by atoms with Crippen molar-refractivity contribution in [1.82, 2.24) is 4.90 Å². The topological polar surface area (TPSA) is 55.8 Å². The Morgan fingerprint density at radius 3 is 2.08 bits per heavy atom. The van der Waals surface area contributed by atoms with E-state index in [1.54, 1.807) is 0 Å². The highest BCUT2D eigenvalue weighted by Crippen LogP contribution is 2.40. The van der Waals surface area contributed by atoms with E-state index in [0.717, 1.165) is 31.0 Å². The van der Waals surface area contributed by atoms with Crippen LogP contribution in [0.3, 0.4) is 0 Å². The normalized spacial score (nSPS) is 25.2. The molecule has 0 radical (unpaired) electrons. The molecule has 0 aromatic rings. The highest BCUT2D eigenvalue weighted by atomic mass is 28.4. The molecule has 2 amide bonds. The van der Waals surface area contributed by atoms with Crippen molar-refractivity contribution in [2.45, 2.75) is 110 Å². The minimum Gasteiger partial charge on any atom is -0.443 e. The lowest BCUT2D eigenvalue weighted by Crippen LogP contribution is -2.72. The van der Waals surface area contributed by atoms with Gasteiger partial charge in [-0.3, -0.25) is 4.79 Å². The van der Waals surface area contributed by atoms with Crippen LogP contribution in [0.5, 0.6) is 0 Å². The molecule has 0 aromatic heterocycles. The first-order chi connectivity index (χ1) is 12.2. The van der Waals surface area contributed by atoms with Crippen LogP contribution in [0, 0.1) is 5.92 Å². The van der Waals surface area contributed by atoms with Crippen molar-refractivity contribution in [3.8, 4) is 0 Å². The molecule has 26 heavy (non-hydrogen) atoms. The van der Waals surface area contributed by atoms with E-state index in [9.17, 15) is 9.59 Å². The van der Waals surface area contributed by atoms with Gasteiger partial charge in [-0.25, -0.2) is 9.69 Å². The second kappa shape index (κ2) is 8.42. The molecule has 2 fully saturated rings. The number of hydrogen-bond acceptors (Lipinski definition) is 4. The molecule has 1 saturated carbocycles. The Morgan fingerprint density at radius 2 is 1.62 bits per heavy atom. The molecule has 6 heteroatoms. The van der Waals surface area contributed by atoms with Gasteiger partial charge in [0.25, 0.3) is 5.91 Å². The standard InChI is InChI=1S/C20H37NO4Si/c1-7-26(8-2,9-3)25-17-16(15-13-11-10-12-14-15)21(18(17)22)19(23)24-20(4,5)6/h15-17H,7-14H2,1-6H3. The zero-order chi connectivity index (χ0) is 19.5. The highest BCUT2D eigenvalue weighted by molar-refractivity contribution is 6.73. The number of likely N-dealkylation sites (tertiary alicyclic amines) is 1. The maximum absolute atomic E-state index is 12.9. The number of amides is 2. The molecule has 2 aliphatic rings. The number of hydrogen-bond donors (Lipinski definition) is 0. The third-order valence-corrected chi connectivity index (χ3v) is 10.7. The van der Waals surface area contributed by atoms with Crippen molar-refractivity contribution >= 4 is 20.3 Å². The molecule has 2 unspecified atom stereocenters. The summed E-state index contributed by atoms with van der Waals surface area (Å²) < 4.78 is 12.1. The van der Waals surface area contributed by atoms with Crippen LogP contribution in [0.25, 0.3) is 0 Å². The maximum atomic E-state index is 12.9. The van der Waals surface area contributed by atoms with Crippen LogP contribution in [0.1, 0.15) is 73.6 Å². The van der Waals surface area contributed by atoms with E-state index in [4.69, 9.17) is 9.16 Å². The van der Waals surface area contributed by atoms with Gasteiger partial charge >= 0.3 is 6.09 Å². The van der Waals surface area contributed by atoms with Gasteiger partial charge in [-0.15, -0.1) is 0 Å². The molecule has 0 N–H and O–H groups in total. The van der Waals surface area contributed by atoms with Crippen molar-refractivity contribution in [2.24, 2.45) is 5.92 Å². The van der Waals surface area contributed by atoms with E-state index < -0.39 is 26.1 Å². The lowest BCUT2D eigenvalue weighted by atomic mass is 9.77. The van der Waals surface area contributed by atoms with Crippen LogP contribution in [0.4, 0.5) is 4.79 Å². The largest absolute Gasteiger partial charge is 0.443 e. The summed E-state index contributed by atoms with van der Waals surface area (Å²) >= 11 is 0. The lowest BCUT2D eigenvalue weighted by Gasteiger charge is -2.52. The SMILES string of the molecule is CC[Si](CC)(CC)OC1C(=O)N(C(=O)OC(C)(C)C)C1C1CCCCC1. The van der Waals surface area contributed by atoms with Crippen LogP contribution in [-0.2, 0) is 14.0 Å². The first-order valence-electron chi connectivity index (χ1n) is 10.4. The zero-order valence-electron chi connectivity index (χ0n) is 17.5. The number of ether oxygens (including phenoxy) is 1. The van der Waals surface area contributed by atoms with Crippen molar-refractivity contribution < 1.29 is 18.8 Å². The Labute approximate surface area is 159 Å². The molecule has 0 bridgehead atoms. The minimum atomic E-state index is -1.91. The quantitative estimate of drug-likeness (QED) is 0.473. The Hall–Kier alpha value is -0.883. The van der Waals surface area contributed by atoms with Gasteiger partial charge in [-0.05, 0) is 57.7 Å². The first kappa shape index (κ1) is 21.4. The van der Waals surface area contributed by atoms with E-state index in [1.165, 1.54) is 24.2 Å².